The van der Waals surface area contributed by atoms with Gasteiger partial charge in [0.15, 0.2) is 0 Å². The van der Waals surface area contributed by atoms with Crippen molar-refractivity contribution in [1.29, 1.82) is 0 Å². The summed E-state index contributed by atoms with van der Waals surface area (Å²) in [7, 11) is 1.64. The van der Waals surface area contributed by atoms with E-state index < -0.39 is 17.7 Å². The van der Waals surface area contributed by atoms with Gasteiger partial charge in [-0.2, -0.15) is 0 Å². The van der Waals surface area contributed by atoms with Crippen molar-refractivity contribution in [1.82, 2.24) is 15.0 Å². The zero-order valence-electron chi connectivity index (χ0n) is 8.56. The van der Waals surface area contributed by atoms with Gasteiger partial charge >= 0.3 is 0 Å². The molecule has 16 heavy (non-hydrogen) atoms. The van der Waals surface area contributed by atoms with E-state index in [4.69, 9.17) is 5.73 Å². The summed E-state index contributed by atoms with van der Waals surface area (Å²) < 4.78 is 27.9. The number of hydrogen-bond acceptors (Lipinski definition) is 3. The highest BCUT2D eigenvalue weighted by atomic mass is 19.1. The van der Waals surface area contributed by atoms with Gasteiger partial charge in [-0.15, -0.1) is 5.10 Å². The van der Waals surface area contributed by atoms with Gasteiger partial charge in [0.25, 0.3) is 0 Å². The molecule has 0 saturated carbocycles. The van der Waals surface area contributed by atoms with Gasteiger partial charge in [-0.05, 0) is 18.2 Å². The van der Waals surface area contributed by atoms with Crippen LogP contribution < -0.4 is 5.73 Å². The smallest absolute Gasteiger partial charge is 0.128 e. The van der Waals surface area contributed by atoms with Gasteiger partial charge in [-0.25, -0.2) is 8.78 Å². The van der Waals surface area contributed by atoms with Crippen LogP contribution in [0.4, 0.5) is 8.78 Å². The predicted octanol–water partition coefficient (Wildman–Crippen LogP) is 1.14. The molecule has 2 rings (SSSR count). The second kappa shape index (κ2) is 3.97. The Labute approximate surface area is 90.7 Å². The molecule has 0 bridgehead atoms. The number of halogens is 2. The number of nitrogens with zero attached hydrogens (tertiary/aromatic N) is 3. The summed E-state index contributed by atoms with van der Waals surface area (Å²) >= 11 is 0. The van der Waals surface area contributed by atoms with Gasteiger partial charge in [0.2, 0.25) is 0 Å². The maximum absolute atomic E-state index is 13.4. The maximum atomic E-state index is 13.4. The highest BCUT2D eigenvalue weighted by Gasteiger charge is 2.17. The van der Waals surface area contributed by atoms with Crippen LogP contribution in [0.1, 0.15) is 17.3 Å². The third kappa shape index (κ3) is 1.79. The third-order valence-electron chi connectivity index (χ3n) is 2.36. The molecular formula is C10H10F2N4. The molecule has 2 N–H and O–H groups in total. The average molecular weight is 224 g/mol. The Bertz CT molecular complexity index is 509. The zero-order valence-corrected chi connectivity index (χ0v) is 8.56. The molecule has 84 valence electrons. The van der Waals surface area contributed by atoms with Gasteiger partial charge in [-0.1, -0.05) is 5.21 Å². The molecule has 0 aliphatic carbocycles. The first kappa shape index (κ1) is 10.7. The number of benzene rings is 1. The first-order valence-corrected chi connectivity index (χ1v) is 4.64. The fourth-order valence-corrected chi connectivity index (χ4v) is 1.49. The first-order valence-electron chi connectivity index (χ1n) is 4.64. The number of nitrogens with two attached hydrogens (primary N) is 1. The van der Waals surface area contributed by atoms with Crippen molar-refractivity contribution in [2.75, 3.05) is 0 Å². The third-order valence-corrected chi connectivity index (χ3v) is 2.36. The van der Waals surface area contributed by atoms with Crippen LogP contribution in [0.3, 0.4) is 0 Å². The standard InChI is InChI=1S/C10H10F2N4/c1-16-9(5-14-15-16)10(13)7-4-6(11)2-3-8(7)12/h2-5,10H,13H2,1H3. The van der Waals surface area contributed by atoms with Gasteiger partial charge in [0.1, 0.15) is 11.6 Å². The van der Waals surface area contributed by atoms with Crippen molar-refractivity contribution in [2.24, 2.45) is 12.8 Å². The molecule has 1 unspecified atom stereocenters. The molecular weight excluding hydrogens is 214 g/mol. The predicted molar refractivity (Wildman–Crippen MR) is 53.4 cm³/mol. The molecule has 4 nitrogen and oxygen atoms in total. The van der Waals surface area contributed by atoms with E-state index in [1.54, 1.807) is 7.05 Å². The van der Waals surface area contributed by atoms with Crippen LogP contribution in [-0.4, -0.2) is 15.0 Å². The minimum absolute atomic E-state index is 0.0883. The van der Waals surface area contributed by atoms with Gasteiger partial charge in [0, 0.05) is 12.6 Å². The van der Waals surface area contributed by atoms with Gasteiger partial charge in [0.05, 0.1) is 17.9 Å². The van der Waals surface area contributed by atoms with Crippen molar-refractivity contribution >= 4 is 0 Å². The minimum atomic E-state index is -0.782. The summed E-state index contributed by atoms with van der Waals surface area (Å²) in [6.07, 6.45) is 1.43. The minimum Gasteiger partial charge on any atom is -0.319 e. The molecule has 1 aromatic heterocycles. The van der Waals surface area contributed by atoms with Crippen molar-refractivity contribution in [3.8, 4) is 0 Å². The van der Waals surface area contributed by atoms with Crippen LogP contribution in [0.25, 0.3) is 0 Å². The molecule has 0 saturated heterocycles. The van der Waals surface area contributed by atoms with Crippen molar-refractivity contribution in [2.45, 2.75) is 6.04 Å². The Hall–Kier alpha value is -1.82. The van der Waals surface area contributed by atoms with Crippen LogP contribution in [0.15, 0.2) is 24.4 Å². The number of aryl methyl sites for hydroxylation is 1. The zero-order chi connectivity index (χ0) is 11.7. The molecule has 0 fully saturated rings. The largest absolute Gasteiger partial charge is 0.319 e. The van der Waals surface area contributed by atoms with Crippen molar-refractivity contribution in [3.63, 3.8) is 0 Å². The molecule has 0 radical (unpaired) electrons. The Balaban J connectivity index is 2.45. The van der Waals surface area contributed by atoms with E-state index in [1.807, 2.05) is 0 Å². The molecule has 1 heterocycles. The normalized spacial score (nSPS) is 12.8. The Morgan fingerprint density at radius 2 is 2.12 bits per heavy atom. The molecule has 0 spiro atoms. The van der Waals surface area contributed by atoms with Crippen molar-refractivity contribution < 1.29 is 8.78 Å². The summed E-state index contributed by atoms with van der Waals surface area (Å²) in [5, 5.41) is 7.32. The lowest BCUT2D eigenvalue weighted by atomic mass is 10.0. The molecule has 1 atom stereocenters. The summed E-state index contributed by atoms with van der Waals surface area (Å²) in [4.78, 5) is 0. The highest BCUT2D eigenvalue weighted by molar-refractivity contribution is 5.28. The molecule has 0 aliphatic heterocycles. The van der Waals surface area contributed by atoms with Crippen LogP contribution >= 0.6 is 0 Å². The summed E-state index contributed by atoms with van der Waals surface area (Å²) in [5.41, 5.74) is 6.43. The molecule has 0 aliphatic rings. The topological polar surface area (TPSA) is 56.7 Å². The first-order chi connectivity index (χ1) is 7.59. The highest BCUT2D eigenvalue weighted by Crippen LogP contribution is 2.21. The lowest BCUT2D eigenvalue weighted by Crippen LogP contribution is -2.17. The maximum Gasteiger partial charge on any atom is 0.128 e. The van der Waals surface area contributed by atoms with E-state index >= 15 is 0 Å². The van der Waals surface area contributed by atoms with Crippen molar-refractivity contribution in [3.05, 3.63) is 47.3 Å². The molecule has 2 aromatic rings. The van der Waals surface area contributed by atoms with Crippen LogP contribution in [0.2, 0.25) is 0 Å². The Morgan fingerprint density at radius 1 is 1.38 bits per heavy atom. The van der Waals surface area contributed by atoms with E-state index in [9.17, 15) is 8.78 Å². The second-order valence-electron chi connectivity index (χ2n) is 3.43. The van der Waals surface area contributed by atoms with Gasteiger partial charge < -0.3 is 5.73 Å². The van der Waals surface area contributed by atoms with Gasteiger partial charge in [-0.3, -0.25) is 4.68 Å². The van der Waals surface area contributed by atoms with E-state index in [0.717, 1.165) is 18.2 Å². The lowest BCUT2D eigenvalue weighted by Gasteiger charge is -2.12. The SMILES string of the molecule is Cn1nncc1C(N)c1cc(F)ccc1F. The number of rotatable bonds is 2. The van der Waals surface area contributed by atoms with Crippen LogP contribution in [0.5, 0.6) is 0 Å². The average Bonchev–Trinajstić information content (AvgIpc) is 2.67. The molecule has 0 amide bonds. The summed E-state index contributed by atoms with van der Waals surface area (Å²) in [6, 6.07) is 2.39. The quantitative estimate of drug-likeness (QED) is 0.832. The van der Waals surface area contributed by atoms with Crippen LogP contribution in [-0.2, 0) is 7.05 Å². The van der Waals surface area contributed by atoms with E-state index in [0.29, 0.717) is 5.69 Å². The second-order valence-corrected chi connectivity index (χ2v) is 3.43. The fourth-order valence-electron chi connectivity index (χ4n) is 1.49. The summed E-state index contributed by atoms with van der Waals surface area (Å²) in [6.45, 7) is 0. The van der Waals surface area contributed by atoms with Crippen LogP contribution in [0, 0.1) is 11.6 Å². The number of aromatic nitrogens is 3. The van der Waals surface area contributed by atoms with E-state index in [2.05, 4.69) is 10.3 Å². The fraction of sp³-hybridized carbons (Fsp3) is 0.200. The van der Waals surface area contributed by atoms with E-state index in [1.165, 1.54) is 10.9 Å². The number of hydrogen-bond donors (Lipinski definition) is 1. The summed E-state index contributed by atoms with van der Waals surface area (Å²) in [5.74, 6) is -1.07. The molecule has 1 aromatic carbocycles. The monoisotopic (exact) mass is 224 g/mol. The lowest BCUT2D eigenvalue weighted by molar-refractivity contribution is 0.566. The van der Waals surface area contributed by atoms with E-state index in [-0.39, 0.29) is 5.56 Å². The Kier molecular flexibility index (Phi) is 2.66. The molecule has 6 heteroatoms. The Morgan fingerprint density at radius 3 is 2.75 bits per heavy atom.